The van der Waals surface area contributed by atoms with Gasteiger partial charge in [-0.2, -0.15) is 0 Å². The number of pyridine rings is 1. The highest BCUT2D eigenvalue weighted by molar-refractivity contribution is 6.30. The first kappa shape index (κ1) is 13.2. The number of nitrogens with zero attached hydrogens (tertiary/aromatic N) is 1. The first-order valence-corrected chi connectivity index (χ1v) is 5.98. The molecule has 0 radical (unpaired) electrons. The van der Waals surface area contributed by atoms with Gasteiger partial charge in [0.15, 0.2) is 5.78 Å². The molecule has 1 heterocycles. The SMILES string of the molecule is CC(=O)c1cccc(NC(=O)c2cc(Cl)ccn2)c1. The van der Waals surface area contributed by atoms with Gasteiger partial charge in [-0.25, -0.2) is 0 Å². The van der Waals surface area contributed by atoms with E-state index >= 15 is 0 Å². The predicted molar refractivity (Wildman–Crippen MR) is 73.6 cm³/mol. The maximum atomic E-state index is 11.9. The van der Waals surface area contributed by atoms with Gasteiger partial charge >= 0.3 is 0 Å². The maximum absolute atomic E-state index is 11.9. The first-order valence-electron chi connectivity index (χ1n) is 5.60. The zero-order chi connectivity index (χ0) is 13.8. The molecule has 1 aromatic heterocycles. The zero-order valence-corrected chi connectivity index (χ0v) is 10.9. The molecule has 0 bridgehead atoms. The highest BCUT2D eigenvalue weighted by atomic mass is 35.5. The molecule has 0 aliphatic rings. The van der Waals surface area contributed by atoms with E-state index in [1.165, 1.54) is 19.2 Å². The van der Waals surface area contributed by atoms with Crippen LogP contribution in [0.3, 0.4) is 0 Å². The van der Waals surface area contributed by atoms with Crippen LogP contribution in [-0.2, 0) is 0 Å². The van der Waals surface area contributed by atoms with E-state index in [4.69, 9.17) is 11.6 Å². The number of Topliss-reactive ketones (excluding diaryl/α,β-unsaturated/α-hetero) is 1. The summed E-state index contributed by atoms with van der Waals surface area (Å²) in [6.07, 6.45) is 1.46. The van der Waals surface area contributed by atoms with Crippen LogP contribution in [-0.4, -0.2) is 16.7 Å². The summed E-state index contributed by atoms with van der Waals surface area (Å²) >= 11 is 5.79. The van der Waals surface area contributed by atoms with Gasteiger partial charge in [-0.15, -0.1) is 0 Å². The molecule has 4 nitrogen and oxygen atoms in total. The fourth-order valence-electron chi connectivity index (χ4n) is 1.54. The van der Waals surface area contributed by atoms with Crippen LogP contribution in [0.15, 0.2) is 42.6 Å². The average molecular weight is 275 g/mol. The molecule has 96 valence electrons. The Morgan fingerprint density at radius 2 is 2.00 bits per heavy atom. The highest BCUT2D eigenvalue weighted by Crippen LogP contribution is 2.13. The van der Waals surface area contributed by atoms with Crippen molar-refractivity contribution in [1.29, 1.82) is 0 Å². The van der Waals surface area contributed by atoms with Crippen LogP contribution in [0.1, 0.15) is 27.8 Å². The molecule has 1 amide bonds. The summed E-state index contributed by atoms with van der Waals surface area (Å²) in [5, 5.41) is 3.11. The Kier molecular flexibility index (Phi) is 3.92. The Labute approximate surface area is 115 Å². The average Bonchev–Trinajstić information content (AvgIpc) is 2.39. The summed E-state index contributed by atoms with van der Waals surface area (Å²) in [6, 6.07) is 9.79. The lowest BCUT2D eigenvalue weighted by molar-refractivity contribution is 0.100. The predicted octanol–water partition coefficient (Wildman–Crippen LogP) is 3.19. The largest absolute Gasteiger partial charge is 0.321 e. The van der Waals surface area contributed by atoms with Crippen molar-refractivity contribution >= 4 is 29.0 Å². The van der Waals surface area contributed by atoms with Crippen molar-refractivity contribution in [1.82, 2.24) is 4.98 Å². The second kappa shape index (κ2) is 5.63. The van der Waals surface area contributed by atoms with Gasteiger partial charge in [0.1, 0.15) is 5.69 Å². The number of benzene rings is 1. The van der Waals surface area contributed by atoms with Gasteiger partial charge in [0.05, 0.1) is 0 Å². The van der Waals surface area contributed by atoms with E-state index in [1.54, 1.807) is 30.3 Å². The molecule has 0 aliphatic carbocycles. The second-order valence-electron chi connectivity index (χ2n) is 3.95. The van der Waals surface area contributed by atoms with Crippen LogP contribution in [0.2, 0.25) is 5.02 Å². The lowest BCUT2D eigenvalue weighted by Gasteiger charge is -2.06. The van der Waals surface area contributed by atoms with Crippen molar-refractivity contribution in [2.45, 2.75) is 6.92 Å². The second-order valence-corrected chi connectivity index (χ2v) is 4.39. The third kappa shape index (κ3) is 3.39. The lowest BCUT2D eigenvalue weighted by atomic mass is 10.1. The number of halogens is 1. The monoisotopic (exact) mass is 274 g/mol. The molecule has 1 aromatic carbocycles. The molecule has 0 unspecified atom stereocenters. The minimum Gasteiger partial charge on any atom is -0.321 e. The number of ketones is 1. The minimum atomic E-state index is -0.372. The summed E-state index contributed by atoms with van der Waals surface area (Å²) in [7, 11) is 0. The van der Waals surface area contributed by atoms with Crippen LogP contribution in [0.5, 0.6) is 0 Å². The van der Waals surface area contributed by atoms with Crippen LogP contribution in [0.4, 0.5) is 5.69 Å². The number of nitrogens with one attached hydrogen (secondary N) is 1. The third-order valence-corrected chi connectivity index (χ3v) is 2.72. The minimum absolute atomic E-state index is 0.0584. The number of hydrogen-bond donors (Lipinski definition) is 1. The molecule has 0 atom stereocenters. The molecular weight excluding hydrogens is 264 g/mol. The number of hydrogen-bond acceptors (Lipinski definition) is 3. The molecule has 0 saturated carbocycles. The number of rotatable bonds is 3. The smallest absolute Gasteiger partial charge is 0.274 e. The summed E-state index contributed by atoms with van der Waals surface area (Å²) in [6.45, 7) is 1.47. The number of carbonyl (C=O) groups excluding carboxylic acids is 2. The van der Waals surface area contributed by atoms with Crippen molar-refractivity contribution < 1.29 is 9.59 Å². The van der Waals surface area contributed by atoms with Crippen molar-refractivity contribution in [3.63, 3.8) is 0 Å². The van der Waals surface area contributed by atoms with Gasteiger partial charge < -0.3 is 5.32 Å². The number of carbonyl (C=O) groups is 2. The third-order valence-electron chi connectivity index (χ3n) is 2.48. The molecule has 5 heteroatoms. The molecule has 0 spiro atoms. The van der Waals surface area contributed by atoms with Crippen molar-refractivity contribution in [2.75, 3.05) is 5.32 Å². The number of anilines is 1. The standard InChI is InChI=1S/C14H11ClN2O2/c1-9(18)10-3-2-4-12(7-10)17-14(19)13-8-11(15)5-6-16-13/h2-8H,1H3,(H,17,19). The summed E-state index contributed by atoms with van der Waals surface area (Å²) in [5.74, 6) is -0.430. The molecule has 1 N–H and O–H groups in total. The molecule has 0 saturated heterocycles. The highest BCUT2D eigenvalue weighted by Gasteiger charge is 2.09. The maximum Gasteiger partial charge on any atom is 0.274 e. The van der Waals surface area contributed by atoms with E-state index in [-0.39, 0.29) is 17.4 Å². The number of aromatic nitrogens is 1. The fourth-order valence-corrected chi connectivity index (χ4v) is 1.70. The van der Waals surface area contributed by atoms with Gasteiger partial charge in [0, 0.05) is 22.5 Å². The molecule has 2 rings (SSSR count). The Morgan fingerprint density at radius 3 is 2.68 bits per heavy atom. The zero-order valence-electron chi connectivity index (χ0n) is 10.2. The van der Waals surface area contributed by atoms with E-state index < -0.39 is 0 Å². The van der Waals surface area contributed by atoms with Crippen LogP contribution in [0, 0.1) is 0 Å². The Bertz CT molecular complexity index is 641. The topological polar surface area (TPSA) is 59.1 Å². The fraction of sp³-hybridized carbons (Fsp3) is 0.0714. The summed E-state index contributed by atoms with van der Waals surface area (Å²) in [5.41, 5.74) is 1.30. The molecule has 0 fully saturated rings. The first-order chi connectivity index (χ1) is 9.06. The molecular formula is C14H11ClN2O2. The quantitative estimate of drug-likeness (QED) is 0.875. The number of amides is 1. The van der Waals surface area contributed by atoms with Gasteiger partial charge in [0.2, 0.25) is 0 Å². The van der Waals surface area contributed by atoms with Gasteiger partial charge in [-0.3, -0.25) is 14.6 Å². The van der Waals surface area contributed by atoms with Crippen molar-refractivity contribution in [2.24, 2.45) is 0 Å². The summed E-state index contributed by atoms with van der Waals surface area (Å²) < 4.78 is 0. The molecule has 0 aliphatic heterocycles. The van der Waals surface area contributed by atoms with E-state index in [0.717, 1.165) is 0 Å². The van der Waals surface area contributed by atoms with Crippen LogP contribution < -0.4 is 5.32 Å². The van der Waals surface area contributed by atoms with Gasteiger partial charge in [-0.1, -0.05) is 23.7 Å². The van der Waals surface area contributed by atoms with Gasteiger partial charge in [0.25, 0.3) is 5.91 Å². The Hall–Kier alpha value is -2.20. The Balaban J connectivity index is 2.19. The lowest BCUT2D eigenvalue weighted by Crippen LogP contribution is -2.13. The van der Waals surface area contributed by atoms with E-state index in [1.807, 2.05) is 0 Å². The molecule has 19 heavy (non-hydrogen) atoms. The van der Waals surface area contributed by atoms with E-state index in [9.17, 15) is 9.59 Å². The molecule has 2 aromatic rings. The van der Waals surface area contributed by atoms with Gasteiger partial charge in [-0.05, 0) is 31.2 Å². The summed E-state index contributed by atoms with van der Waals surface area (Å²) in [4.78, 5) is 27.1. The van der Waals surface area contributed by atoms with Crippen molar-refractivity contribution in [3.05, 3.63) is 58.9 Å². The van der Waals surface area contributed by atoms with Crippen LogP contribution in [0.25, 0.3) is 0 Å². The Morgan fingerprint density at radius 1 is 1.21 bits per heavy atom. The van der Waals surface area contributed by atoms with E-state index in [2.05, 4.69) is 10.3 Å². The van der Waals surface area contributed by atoms with Crippen molar-refractivity contribution in [3.8, 4) is 0 Å². The normalized spacial score (nSPS) is 10.0. The van der Waals surface area contributed by atoms with Crippen LogP contribution >= 0.6 is 11.6 Å². The van der Waals surface area contributed by atoms with E-state index in [0.29, 0.717) is 16.3 Å².